The van der Waals surface area contributed by atoms with Gasteiger partial charge in [-0.15, -0.1) is 0 Å². The first-order chi connectivity index (χ1) is 9.93. The molecule has 0 saturated carbocycles. The van der Waals surface area contributed by atoms with Gasteiger partial charge in [0.25, 0.3) is 0 Å². The van der Waals surface area contributed by atoms with Crippen LogP contribution in [0.15, 0.2) is 54.6 Å². The van der Waals surface area contributed by atoms with Crippen molar-refractivity contribution in [3.05, 3.63) is 54.6 Å². The minimum Gasteiger partial charge on any atom is -0.384 e. The number of benzene rings is 2. The molecule has 0 bridgehead atoms. The van der Waals surface area contributed by atoms with Crippen molar-refractivity contribution in [2.45, 2.75) is 12.8 Å². The molecule has 3 rings (SSSR count). The summed E-state index contributed by atoms with van der Waals surface area (Å²) < 4.78 is 5.42. The number of anilines is 1. The van der Waals surface area contributed by atoms with E-state index < -0.39 is 0 Å². The fourth-order valence-corrected chi connectivity index (χ4v) is 2.71. The first-order valence-corrected chi connectivity index (χ1v) is 7.39. The number of nitrogens with one attached hydrogen (secondary N) is 1. The second-order valence-electron chi connectivity index (χ2n) is 5.35. The Kier molecular flexibility index (Phi) is 4.34. The van der Waals surface area contributed by atoms with Crippen molar-refractivity contribution in [2.75, 3.05) is 25.1 Å². The Labute approximate surface area is 120 Å². The van der Waals surface area contributed by atoms with E-state index >= 15 is 0 Å². The maximum absolute atomic E-state index is 5.42. The molecular formula is C18H21NO. The van der Waals surface area contributed by atoms with E-state index in [0.29, 0.717) is 0 Å². The zero-order chi connectivity index (χ0) is 13.6. The zero-order valence-electron chi connectivity index (χ0n) is 11.7. The average Bonchev–Trinajstić information content (AvgIpc) is 2.55. The summed E-state index contributed by atoms with van der Waals surface area (Å²) in [6.07, 6.45) is 2.33. The van der Waals surface area contributed by atoms with Gasteiger partial charge in [0.15, 0.2) is 0 Å². The Morgan fingerprint density at radius 1 is 0.900 bits per heavy atom. The maximum atomic E-state index is 5.42. The van der Waals surface area contributed by atoms with Gasteiger partial charge in [-0.05, 0) is 30.4 Å². The second-order valence-corrected chi connectivity index (χ2v) is 5.35. The number of rotatable bonds is 4. The van der Waals surface area contributed by atoms with Gasteiger partial charge >= 0.3 is 0 Å². The summed E-state index contributed by atoms with van der Waals surface area (Å²) >= 11 is 0. The first kappa shape index (κ1) is 13.2. The van der Waals surface area contributed by atoms with E-state index in [0.717, 1.165) is 25.7 Å². The van der Waals surface area contributed by atoms with Crippen molar-refractivity contribution in [2.24, 2.45) is 5.92 Å². The Morgan fingerprint density at radius 2 is 1.60 bits per heavy atom. The highest BCUT2D eigenvalue weighted by atomic mass is 16.5. The molecule has 2 nitrogen and oxygen atoms in total. The quantitative estimate of drug-likeness (QED) is 0.896. The average molecular weight is 267 g/mol. The normalized spacial score (nSPS) is 16.0. The van der Waals surface area contributed by atoms with Gasteiger partial charge in [-0.1, -0.05) is 48.5 Å². The van der Waals surface area contributed by atoms with E-state index in [1.54, 1.807) is 0 Å². The Balaban J connectivity index is 1.73. The van der Waals surface area contributed by atoms with E-state index in [-0.39, 0.29) is 0 Å². The van der Waals surface area contributed by atoms with Crippen molar-refractivity contribution in [3.63, 3.8) is 0 Å². The molecule has 1 aliphatic rings. The fourth-order valence-electron chi connectivity index (χ4n) is 2.71. The lowest BCUT2D eigenvalue weighted by atomic mass is 9.99. The Morgan fingerprint density at radius 3 is 2.40 bits per heavy atom. The zero-order valence-corrected chi connectivity index (χ0v) is 11.7. The van der Waals surface area contributed by atoms with Gasteiger partial charge in [-0.3, -0.25) is 0 Å². The third-order valence-electron chi connectivity index (χ3n) is 3.93. The van der Waals surface area contributed by atoms with Gasteiger partial charge in [0.05, 0.1) is 0 Å². The van der Waals surface area contributed by atoms with Crippen LogP contribution in [0.5, 0.6) is 0 Å². The number of para-hydroxylation sites is 1. The largest absolute Gasteiger partial charge is 0.384 e. The molecule has 0 aromatic heterocycles. The van der Waals surface area contributed by atoms with Crippen LogP contribution in [0, 0.1) is 5.92 Å². The van der Waals surface area contributed by atoms with Crippen molar-refractivity contribution in [1.82, 2.24) is 0 Å². The summed E-state index contributed by atoms with van der Waals surface area (Å²) in [4.78, 5) is 0. The fraction of sp³-hybridized carbons (Fsp3) is 0.333. The molecule has 1 saturated heterocycles. The lowest BCUT2D eigenvalue weighted by molar-refractivity contribution is 0.0699. The Hall–Kier alpha value is -1.80. The minimum atomic E-state index is 0.729. The highest BCUT2D eigenvalue weighted by Crippen LogP contribution is 2.28. The van der Waals surface area contributed by atoms with Crippen LogP contribution in [0.3, 0.4) is 0 Å². The van der Waals surface area contributed by atoms with E-state index in [9.17, 15) is 0 Å². The third kappa shape index (κ3) is 3.20. The topological polar surface area (TPSA) is 21.3 Å². The predicted octanol–water partition coefficient (Wildman–Crippen LogP) is 4.19. The number of hydrogen-bond acceptors (Lipinski definition) is 2. The standard InChI is InChI=1S/C18H21NO/c1-2-6-16(7-3-1)17-8-4-5-9-18(17)19-14-15-10-12-20-13-11-15/h1-9,15,19H,10-14H2. The SMILES string of the molecule is c1ccc(-c2ccccc2NCC2CCOCC2)cc1. The van der Waals surface area contributed by atoms with Gasteiger partial charge in [-0.25, -0.2) is 0 Å². The van der Waals surface area contributed by atoms with E-state index in [2.05, 4.69) is 59.9 Å². The van der Waals surface area contributed by atoms with E-state index in [1.165, 1.54) is 29.7 Å². The van der Waals surface area contributed by atoms with Crippen LogP contribution in [0.25, 0.3) is 11.1 Å². The molecule has 104 valence electrons. The molecule has 1 aliphatic heterocycles. The van der Waals surface area contributed by atoms with Crippen LogP contribution in [0.2, 0.25) is 0 Å². The highest BCUT2D eigenvalue weighted by molar-refractivity contribution is 5.77. The molecule has 1 fully saturated rings. The molecule has 2 heteroatoms. The minimum absolute atomic E-state index is 0.729. The first-order valence-electron chi connectivity index (χ1n) is 7.39. The molecule has 0 spiro atoms. The summed E-state index contributed by atoms with van der Waals surface area (Å²) in [7, 11) is 0. The van der Waals surface area contributed by atoms with E-state index in [1.807, 2.05) is 0 Å². The molecule has 1 heterocycles. The summed E-state index contributed by atoms with van der Waals surface area (Å²) in [6, 6.07) is 19.1. The molecular weight excluding hydrogens is 246 g/mol. The number of ether oxygens (including phenoxy) is 1. The van der Waals surface area contributed by atoms with Crippen molar-refractivity contribution in [3.8, 4) is 11.1 Å². The predicted molar refractivity (Wildman–Crippen MR) is 83.9 cm³/mol. The van der Waals surface area contributed by atoms with Crippen molar-refractivity contribution < 1.29 is 4.74 Å². The number of hydrogen-bond donors (Lipinski definition) is 1. The van der Waals surface area contributed by atoms with Crippen LogP contribution in [0.1, 0.15) is 12.8 Å². The Bertz CT molecular complexity index is 532. The van der Waals surface area contributed by atoms with Gasteiger partial charge < -0.3 is 10.1 Å². The lowest BCUT2D eigenvalue weighted by Gasteiger charge is -2.23. The molecule has 2 aromatic carbocycles. The van der Waals surface area contributed by atoms with E-state index in [4.69, 9.17) is 4.74 Å². The molecule has 20 heavy (non-hydrogen) atoms. The van der Waals surface area contributed by atoms with Crippen LogP contribution < -0.4 is 5.32 Å². The van der Waals surface area contributed by atoms with Crippen LogP contribution in [-0.4, -0.2) is 19.8 Å². The van der Waals surface area contributed by atoms with Gasteiger partial charge in [0.2, 0.25) is 0 Å². The maximum Gasteiger partial charge on any atom is 0.0469 e. The summed E-state index contributed by atoms with van der Waals surface area (Å²) in [5.41, 5.74) is 3.77. The summed E-state index contributed by atoms with van der Waals surface area (Å²) in [5, 5.41) is 3.63. The van der Waals surface area contributed by atoms with Crippen molar-refractivity contribution in [1.29, 1.82) is 0 Å². The lowest BCUT2D eigenvalue weighted by Crippen LogP contribution is -2.22. The van der Waals surface area contributed by atoms with Crippen molar-refractivity contribution >= 4 is 5.69 Å². The highest BCUT2D eigenvalue weighted by Gasteiger charge is 2.14. The smallest absolute Gasteiger partial charge is 0.0469 e. The van der Waals surface area contributed by atoms with Crippen LogP contribution >= 0.6 is 0 Å². The second kappa shape index (κ2) is 6.58. The van der Waals surface area contributed by atoms with Crippen LogP contribution in [-0.2, 0) is 4.74 Å². The van der Waals surface area contributed by atoms with Gasteiger partial charge in [-0.2, -0.15) is 0 Å². The van der Waals surface area contributed by atoms with Gasteiger partial charge in [0.1, 0.15) is 0 Å². The molecule has 0 atom stereocenters. The monoisotopic (exact) mass is 267 g/mol. The molecule has 0 aliphatic carbocycles. The van der Waals surface area contributed by atoms with Gasteiger partial charge in [0, 0.05) is 31.0 Å². The molecule has 0 radical (unpaired) electrons. The molecule has 0 unspecified atom stereocenters. The molecule has 1 N–H and O–H groups in total. The third-order valence-corrected chi connectivity index (χ3v) is 3.93. The van der Waals surface area contributed by atoms with Crippen LogP contribution in [0.4, 0.5) is 5.69 Å². The molecule has 0 amide bonds. The molecule has 2 aromatic rings. The summed E-state index contributed by atoms with van der Waals surface area (Å²) in [5.74, 6) is 0.729. The summed E-state index contributed by atoms with van der Waals surface area (Å²) in [6.45, 7) is 2.85.